The Labute approximate surface area is 109 Å². The maximum Gasteiger partial charge on any atom is 0.305 e. The second-order valence-corrected chi connectivity index (χ2v) is 5.85. The number of aliphatic carboxylic acids is 1. The van der Waals surface area contributed by atoms with Crippen LogP contribution in [0.5, 0.6) is 0 Å². The molecule has 1 unspecified atom stereocenters. The molecule has 1 atom stereocenters. The SMILES string of the molecule is CC(CC(=O)O)N(C)c1ccc(C(C)(C)C)cc1. The van der Waals surface area contributed by atoms with Gasteiger partial charge in [0.2, 0.25) is 0 Å². The molecular weight excluding hydrogens is 226 g/mol. The molecule has 1 N–H and O–H groups in total. The van der Waals surface area contributed by atoms with Crippen molar-refractivity contribution in [2.24, 2.45) is 0 Å². The van der Waals surface area contributed by atoms with Crippen LogP contribution in [0.15, 0.2) is 24.3 Å². The van der Waals surface area contributed by atoms with Gasteiger partial charge in [0.15, 0.2) is 0 Å². The van der Waals surface area contributed by atoms with Gasteiger partial charge in [0.25, 0.3) is 0 Å². The van der Waals surface area contributed by atoms with E-state index >= 15 is 0 Å². The standard InChI is InChI=1S/C15H23NO2/c1-11(10-14(17)18)16(5)13-8-6-12(7-9-13)15(2,3)4/h6-9,11H,10H2,1-5H3,(H,17,18). The zero-order chi connectivity index (χ0) is 13.9. The van der Waals surface area contributed by atoms with Crippen LogP contribution in [-0.4, -0.2) is 24.2 Å². The summed E-state index contributed by atoms with van der Waals surface area (Å²) in [5, 5.41) is 8.80. The molecular formula is C15H23NO2. The minimum absolute atomic E-state index is 0.0111. The van der Waals surface area contributed by atoms with Gasteiger partial charge in [0.05, 0.1) is 6.42 Å². The van der Waals surface area contributed by atoms with Crippen molar-refractivity contribution in [2.45, 2.75) is 45.6 Å². The first kappa shape index (κ1) is 14.6. The molecule has 100 valence electrons. The number of carboxylic acids is 1. The first-order valence-electron chi connectivity index (χ1n) is 6.27. The highest BCUT2D eigenvalue weighted by atomic mass is 16.4. The molecule has 0 aromatic heterocycles. The van der Waals surface area contributed by atoms with Crippen molar-refractivity contribution in [1.82, 2.24) is 0 Å². The van der Waals surface area contributed by atoms with Crippen LogP contribution < -0.4 is 4.90 Å². The van der Waals surface area contributed by atoms with Crippen molar-refractivity contribution in [3.63, 3.8) is 0 Å². The summed E-state index contributed by atoms with van der Waals surface area (Å²) in [6, 6.07) is 8.32. The Bertz CT molecular complexity index is 403. The van der Waals surface area contributed by atoms with Gasteiger partial charge in [-0.05, 0) is 30.0 Å². The topological polar surface area (TPSA) is 40.5 Å². The highest BCUT2D eigenvalue weighted by molar-refractivity contribution is 5.68. The maximum atomic E-state index is 10.7. The second-order valence-electron chi connectivity index (χ2n) is 5.85. The van der Waals surface area contributed by atoms with Gasteiger partial charge < -0.3 is 10.0 Å². The first-order chi connectivity index (χ1) is 8.21. The Morgan fingerprint density at radius 1 is 1.28 bits per heavy atom. The zero-order valence-electron chi connectivity index (χ0n) is 11.9. The van der Waals surface area contributed by atoms with E-state index in [1.165, 1.54) is 5.56 Å². The highest BCUT2D eigenvalue weighted by Gasteiger charge is 2.16. The van der Waals surface area contributed by atoms with Crippen LogP contribution in [-0.2, 0) is 10.2 Å². The molecule has 1 rings (SSSR count). The first-order valence-corrected chi connectivity index (χ1v) is 6.27. The van der Waals surface area contributed by atoms with E-state index in [2.05, 4.69) is 45.0 Å². The van der Waals surface area contributed by atoms with Crippen molar-refractivity contribution in [3.8, 4) is 0 Å². The van der Waals surface area contributed by atoms with Gasteiger partial charge in [-0.2, -0.15) is 0 Å². The Kier molecular flexibility index (Phi) is 4.38. The summed E-state index contributed by atoms with van der Waals surface area (Å²) in [6.45, 7) is 8.46. The molecule has 0 saturated carbocycles. The number of nitrogens with zero attached hydrogens (tertiary/aromatic N) is 1. The van der Waals surface area contributed by atoms with E-state index in [1.807, 2.05) is 18.9 Å². The summed E-state index contributed by atoms with van der Waals surface area (Å²) >= 11 is 0. The summed E-state index contributed by atoms with van der Waals surface area (Å²) in [5.74, 6) is -0.763. The van der Waals surface area contributed by atoms with Gasteiger partial charge in [0, 0.05) is 18.8 Å². The van der Waals surface area contributed by atoms with Crippen LogP contribution in [0.25, 0.3) is 0 Å². The number of carbonyl (C=O) groups is 1. The number of hydrogen-bond acceptors (Lipinski definition) is 2. The van der Waals surface area contributed by atoms with Gasteiger partial charge in [-0.3, -0.25) is 4.79 Å². The van der Waals surface area contributed by atoms with Gasteiger partial charge in [0.1, 0.15) is 0 Å². The average Bonchev–Trinajstić information content (AvgIpc) is 2.26. The highest BCUT2D eigenvalue weighted by Crippen LogP contribution is 2.25. The average molecular weight is 249 g/mol. The minimum atomic E-state index is -0.763. The van der Waals surface area contributed by atoms with Crippen LogP contribution in [0.4, 0.5) is 5.69 Å². The third-order valence-corrected chi connectivity index (χ3v) is 3.27. The molecule has 0 aliphatic carbocycles. The Balaban J connectivity index is 2.82. The van der Waals surface area contributed by atoms with E-state index in [0.717, 1.165) is 5.69 Å². The lowest BCUT2D eigenvalue weighted by Crippen LogP contribution is -2.30. The minimum Gasteiger partial charge on any atom is -0.481 e. The number of benzene rings is 1. The lowest BCUT2D eigenvalue weighted by atomic mass is 9.87. The summed E-state index contributed by atoms with van der Waals surface area (Å²) in [7, 11) is 1.93. The molecule has 3 heteroatoms. The molecule has 3 nitrogen and oxygen atoms in total. The third-order valence-electron chi connectivity index (χ3n) is 3.27. The van der Waals surface area contributed by atoms with E-state index < -0.39 is 5.97 Å². The molecule has 0 amide bonds. The summed E-state index contributed by atoms with van der Waals surface area (Å²) in [5.41, 5.74) is 2.48. The van der Waals surface area contributed by atoms with E-state index in [1.54, 1.807) is 0 Å². The van der Waals surface area contributed by atoms with Crippen LogP contribution >= 0.6 is 0 Å². The fourth-order valence-electron chi connectivity index (χ4n) is 1.84. The fraction of sp³-hybridized carbons (Fsp3) is 0.533. The second kappa shape index (κ2) is 5.42. The van der Waals surface area contributed by atoms with Gasteiger partial charge in [-0.15, -0.1) is 0 Å². The molecule has 0 saturated heterocycles. The van der Waals surface area contributed by atoms with Crippen molar-refractivity contribution in [3.05, 3.63) is 29.8 Å². The molecule has 0 heterocycles. The van der Waals surface area contributed by atoms with Crippen molar-refractivity contribution < 1.29 is 9.90 Å². The lowest BCUT2D eigenvalue weighted by molar-refractivity contribution is -0.137. The monoisotopic (exact) mass is 249 g/mol. The Morgan fingerprint density at radius 2 is 1.78 bits per heavy atom. The van der Waals surface area contributed by atoms with Crippen LogP contribution in [0.2, 0.25) is 0 Å². The predicted octanol–water partition coefficient (Wildman–Crippen LogP) is 3.28. The normalized spacial score (nSPS) is 13.2. The molecule has 0 spiro atoms. The molecule has 0 radical (unpaired) electrons. The summed E-state index contributed by atoms with van der Waals surface area (Å²) in [4.78, 5) is 12.7. The summed E-state index contributed by atoms with van der Waals surface area (Å²) in [6.07, 6.45) is 0.150. The number of carboxylic acid groups (broad SMARTS) is 1. The lowest BCUT2D eigenvalue weighted by Gasteiger charge is -2.27. The molecule has 0 aliphatic rings. The summed E-state index contributed by atoms with van der Waals surface area (Å²) < 4.78 is 0. The number of hydrogen-bond donors (Lipinski definition) is 1. The van der Waals surface area contributed by atoms with Crippen molar-refractivity contribution in [1.29, 1.82) is 0 Å². The molecule has 1 aromatic carbocycles. The van der Waals surface area contributed by atoms with E-state index in [4.69, 9.17) is 5.11 Å². The van der Waals surface area contributed by atoms with Gasteiger partial charge in [-0.25, -0.2) is 0 Å². The molecule has 0 fully saturated rings. The van der Waals surface area contributed by atoms with E-state index in [9.17, 15) is 4.79 Å². The van der Waals surface area contributed by atoms with E-state index in [0.29, 0.717) is 0 Å². The molecule has 0 aliphatic heterocycles. The quantitative estimate of drug-likeness (QED) is 0.890. The van der Waals surface area contributed by atoms with Gasteiger partial charge >= 0.3 is 5.97 Å². The Morgan fingerprint density at radius 3 is 2.17 bits per heavy atom. The maximum absolute atomic E-state index is 10.7. The largest absolute Gasteiger partial charge is 0.481 e. The Hall–Kier alpha value is -1.51. The third kappa shape index (κ3) is 3.76. The van der Waals surface area contributed by atoms with Gasteiger partial charge in [-0.1, -0.05) is 32.9 Å². The van der Waals surface area contributed by atoms with Crippen LogP contribution in [0.1, 0.15) is 39.7 Å². The van der Waals surface area contributed by atoms with Crippen LogP contribution in [0, 0.1) is 0 Å². The predicted molar refractivity (Wildman–Crippen MR) is 75.3 cm³/mol. The molecule has 18 heavy (non-hydrogen) atoms. The van der Waals surface area contributed by atoms with Crippen molar-refractivity contribution >= 4 is 11.7 Å². The van der Waals surface area contributed by atoms with Crippen molar-refractivity contribution in [2.75, 3.05) is 11.9 Å². The number of rotatable bonds is 4. The smallest absolute Gasteiger partial charge is 0.305 e. The fourth-order valence-corrected chi connectivity index (χ4v) is 1.84. The zero-order valence-corrected chi connectivity index (χ0v) is 11.9. The van der Waals surface area contributed by atoms with Crippen LogP contribution in [0.3, 0.4) is 0 Å². The number of anilines is 1. The molecule has 1 aromatic rings. The van der Waals surface area contributed by atoms with E-state index in [-0.39, 0.29) is 17.9 Å². The molecule has 0 bridgehead atoms.